The molecule has 0 aliphatic carbocycles. The first kappa shape index (κ1) is 32.3. The zero-order valence-corrected chi connectivity index (χ0v) is 23.5. The summed E-state index contributed by atoms with van der Waals surface area (Å²) in [6, 6.07) is 14.7. The van der Waals surface area contributed by atoms with Gasteiger partial charge in [0.1, 0.15) is 12.6 Å². The van der Waals surface area contributed by atoms with E-state index in [0.29, 0.717) is 12.0 Å². The van der Waals surface area contributed by atoms with Crippen molar-refractivity contribution in [3.63, 3.8) is 0 Å². The molecule has 0 bridgehead atoms. The molecule has 1 aromatic heterocycles. The molecule has 0 saturated heterocycles. The number of aliphatic hydroxyl groups is 2. The van der Waals surface area contributed by atoms with E-state index in [-0.39, 0.29) is 29.5 Å². The maximum absolute atomic E-state index is 12.2. The molecule has 2 rings (SSSR count). The minimum atomic E-state index is -0.899. The second-order valence-electron chi connectivity index (χ2n) is 9.67. The van der Waals surface area contributed by atoms with Crippen LogP contribution in [0.15, 0.2) is 60.9 Å². The van der Waals surface area contributed by atoms with Gasteiger partial charge in [0, 0.05) is 25.0 Å². The van der Waals surface area contributed by atoms with Gasteiger partial charge in [-0.1, -0.05) is 101 Å². The van der Waals surface area contributed by atoms with Crippen molar-refractivity contribution in [2.75, 3.05) is 6.61 Å². The predicted octanol–water partition coefficient (Wildman–Crippen LogP) is 2.65. The monoisotopic (exact) mass is 562 g/mol. The summed E-state index contributed by atoms with van der Waals surface area (Å²) in [7, 11) is 0. The minimum absolute atomic E-state index is 0. The number of aliphatic hydroxyl groups excluding tert-OH is 2. The van der Waals surface area contributed by atoms with Crippen LogP contribution in [-0.2, 0) is 11.3 Å². The van der Waals surface area contributed by atoms with Crippen molar-refractivity contribution in [1.82, 2.24) is 5.32 Å². The third kappa shape index (κ3) is 14.7. The fraction of sp³-hybridized carbons (Fsp3) is 0.600. The van der Waals surface area contributed by atoms with Crippen LogP contribution in [0.2, 0.25) is 0 Å². The molecule has 0 aliphatic rings. The molecule has 0 unspecified atom stereocenters. The summed E-state index contributed by atoms with van der Waals surface area (Å²) in [6.45, 7) is 0.849. The van der Waals surface area contributed by atoms with Gasteiger partial charge in [-0.2, -0.15) is 0 Å². The van der Waals surface area contributed by atoms with E-state index in [4.69, 9.17) is 0 Å². The number of benzene rings is 1. The van der Waals surface area contributed by atoms with E-state index in [1.807, 2.05) is 18.2 Å². The predicted molar refractivity (Wildman–Crippen MR) is 142 cm³/mol. The third-order valence-corrected chi connectivity index (χ3v) is 6.66. The third-order valence-electron chi connectivity index (χ3n) is 6.66. The van der Waals surface area contributed by atoms with Gasteiger partial charge in [-0.05, 0) is 18.4 Å². The van der Waals surface area contributed by atoms with Crippen molar-refractivity contribution in [1.29, 1.82) is 0 Å². The molecule has 2 atom stereocenters. The lowest BCUT2D eigenvalue weighted by Gasteiger charge is -2.22. The van der Waals surface area contributed by atoms with E-state index in [2.05, 4.69) is 40.5 Å². The molecule has 202 valence electrons. The Balaban J connectivity index is 0.00000648. The summed E-state index contributed by atoms with van der Waals surface area (Å²) in [5.74, 6) is -0.0992. The standard InChI is InChI=1S/C30H46N2O3.BrH/c33-26-28(30(35)27-20-14-12-15-21-27)31-29(34)22-16-10-8-6-4-2-1-3-5-7-9-11-17-23-32-24-18-13-19-25-32;/h12-15,18-21,24-25,28,30,33,35H,1-11,16-17,22-23,26H2;1H/t28-,30-;/m0./s1. The van der Waals surface area contributed by atoms with Crippen LogP contribution in [0.3, 0.4) is 0 Å². The van der Waals surface area contributed by atoms with E-state index in [9.17, 15) is 15.0 Å². The van der Waals surface area contributed by atoms with Gasteiger partial charge in [0.25, 0.3) is 0 Å². The van der Waals surface area contributed by atoms with Gasteiger partial charge in [0.05, 0.1) is 12.6 Å². The number of aromatic nitrogens is 1. The summed E-state index contributed by atoms with van der Waals surface area (Å²) < 4.78 is 2.26. The van der Waals surface area contributed by atoms with Crippen LogP contribution in [0.4, 0.5) is 0 Å². The highest BCUT2D eigenvalue weighted by atomic mass is 79.9. The molecule has 0 radical (unpaired) electrons. The van der Waals surface area contributed by atoms with Crippen molar-refractivity contribution in [2.45, 2.75) is 109 Å². The Morgan fingerprint density at radius 3 is 1.72 bits per heavy atom. The molecular weight excluding hydrogens is 516 g/mol. The zero-order valence-electron chi connectivity index (χ0n) is 21.9. The molecule has 1 aromatic carbocycles. The van der Waals surface area contributed by atoms with E-state index in [1.165, 1.54) is 70.6 Å². The lowest BCUT2D eigenvalue weighted by molar-refractivity contribution is -0.697. The number of carbonyl (C=O) groups is 1. The highest BCUT2D eigenvalue weighted by molar-refractivity contribution is 5.76. The average molecular weight is 564 g/mol. The van der Waals surface area contributed by atoms with Crippen LogP contribution in [0, 0.1) is 0 Å². The first-order chi connectivity index (χ1) is 17.2. The van der Waals surface area contributed by atoms with Crippen molar-refractivity contribution in [3.05, 3.63) is 66.5 Å². The maximum atomic E-state index is 12.2. The second-order valence-corrected chi connectivity index (χ2v) is 9.67. The second kappa shape index (κ2) is 21.3. The van der Waals surface area contributed by atoms with Crippen molar-refractivity contribution < 1.29 is 36.6 Å². The Morgan fingerprint density at radius 2 is 1.19 bits per heavy atom. The number of aryl methyl sites for hydroxylation is 1. The summed E-state index contributed by atoms with van der Waals surface area (Å²) in [6.07, 6.45) is 20.1. The maximum Gasteiger partial charge on any atom is 0.220 e. The summed E-state index contributed by atoms with van der Waals surface area (Å²) in [4.78, 5) is 12.2. The highest BCUT2D eigenvalue weighted by Gasteiger charge is 2.21. The topological polar surface area (TPSA) is 73.4 Å². The van der Waals surface area contributed by atoms with E-state index >= 15 is 0 Å². The van der Waals surface area contributed by atoms with Crippen molar-refractivity contribution in [3.8, 4) is 0 Å². The molecule has 0 fully saturated rings. The number of amides is 1. The van der Waals surface area contributed by atoms with Crippen LogP contribution < -0.4 is 26.9 Å². The minimum Gasteiger partial charge on any atom is -1.00 e. The Bertz CT molecular complexity index is 776. The molecular formula is C30H47BrN2O3. The van der Waals surface area contributed by atoms with Crippen molar-refractivity contribution >= 4 is 5.91 Å². The van der Waals surface area contributed by atoms with Gasteiger partial charge in [0.2, 0.25) is 5.91 Å². The first-order valence-electron chi connectivity index (χ1n) is 13.8. The number of unbranched alkanes of at least 4 members (excludes halogenated alkanes) is 12. The van der Waals surface area contributed by atoms with Crippen LogP contribution in [0.5, 0.6) is 0 Å². The number of hydrogen-bond donors (Lipinski definition) is 3. The van der Waals surface area contributed by atoms with Gasteiger partial charge in [0.15, 0.2) is 12.4 Å². The van der Waals surface area contributed by atoms with Crippen molar-refractivity contribution in [2.24, 2.45) is 0 Å². The molecule has 1 heterocycles. The number of hydrogen-bond acceptors (Lipinski definition) is 3. The SMILES string of the molecule is O=C(CCCCCCCCCCCCCCC[n+]1ccccc1)N[C@@H](CO)[C@@H](O)c1ccccc1.[Br-]. The molecule has 5 nitrogen and oxygen atoms in total. The molecule has 2 aromatic rings. The van der Waals surface area contributed by atoms with Gasteiger partial charge in [-0.15, -0.1) is 0 Å². The summed E-state index contributed by atoms with van der Waals surface area (Å²) in [5, 5.41) is 22.7. The molecule has 36 heavy (non-hydrogen) atoms. The molecule has 0 spiro atoms. The van der Waals surface area contributed by atoms with Gasteiger partial charge in [-0.25, -0.2) is 4.57 Å². The molecule has 6 heteroatoms. The van der Waals surface area contributed by atoms with Gasteiger partial charge in [-0.3, -0.25) is 4.79 Å². The van der Waals surface area contributed by atoms with E-state index in [1.54, 1.807) is 12.1 Å². The summed E-state index contributed by atoms with van der Waals surface area (Å²) in [5.41, 5.74) is 0.699. The highest BCUT2D eigenvalue weighted by Crippen LogP contribution is 2.17. The Kier molecular flexibility index (Phi) is 19.1. The Hall–Kier alpha value is -1.76. The van der Waals surface area contributed by atoms with Crippen LogP contribution in [-0.4, -0.2) is 28.8 Å². The quantitative estimate of drug-likeness (QED) is 0.171. The number of nitrogens with one attached hydrogen (secondary N) is 1. The normalized spacial score (nSPS) is 12.5. The smallest absolute Gasteiger partial charge is 0.220 e. The number of rotatable bonds is 20. The lowest BCUT2D eigenvalue weighted by Crippen LogP contribution is -3.00. The number of carbonyl (C=O) groups excluding carboxylic acids is 1. The molecule has 0 saturated carbocycles. The van der Waals surface area contributed by atoms with E-state index in [0.717, 1.165) is 19.4 Å². The first-order valence-corrected chi connectivity index (χ1v) is 13.8. The molecule has 1 amide bonds. The van der Waals surface area contributed by atoms with Crippen LogP contribution >= 0.6 is 0 Å². The molecule has 0 aliphatic heterocycles. The summed E-state index contributed by atoms with van der Waals surface area (Å²) >= 11 is 0. The average Bonchev–Trinajstić information content (AvgIpc) is 2.90. The Labute approximate surface area is 229 Å². The van der Waals surface area contributed by atoms with Crippen LogP contribution in [0.1, 0.15) is 102 Å². The number of pyridine rings is 1. The van der Waals surface area contributed by atoms with Crippen LogP contribution in [0.25, 0.3) is 0 Å². The fourth-order valence-electron chi connectivity index (χ4n) is 4.49. The van der Waals surface area contributed by atoms with Gasteiger partial charge < -0.3 is 32.5 Å². The Morgan fingerprint density at radius 1 is 0.722 bits per heavy atom. The lowest BCUT2D eigenvalue weighted by atomic mass is 10.0. The number of halogens is 1. The largest absolute Gasteiger partial charge is 1.00 e. The molecule has 3 N–H and O–H groups in total. The van der Waals surface area contributed by atoms with E-state index < -0.39 is 12.1 Å². The fourth-order valence-corrected chi connectivity index (χ4v) is 4.49. The van der Waals surface area contributed by atoms with Gasteiger partial charge >= 0.3 is 0 Å². The number of nitrogens with zero attached hydrogens (tertiary/aromatic N) is 1. The zero-order chi connectivity index (χ0) is 25.0.